The first-order chi connectivity index (χ1) is 11.8. The van der Waals surface area contributed by atoms with E-state index >= 15 is 0 Å². The zero-order valence-electron chi connectivity index (χ0n) is 15.4. The van der Waals surface area contributed by atoms with Crippen LogP contribution >= 0.6 is 0 Å². The number of rotatable bonds is 4. The largest absolute Gasteiger partial charge is 0.493 e. The Morgan fingerprint density at radius 1 is 1.28 bits per heavy atom. The summed E-state index contributed by atoms with van der Waals surface area (Å²) in [6.07, 6.45) is 0.768. The fraction of sp³-hybridized carbons (Fsp3) is 0.684. The number of nitrogens with zero attached hydrogens (tertiary/aromatic N) is 1. The van der Waals surface area contributed by atoms with Crippen molar-refractivity contribution in [2.24, 2.45) is 0 Å². The first kappa shape index (κ1) is 18.4. The van der Waals surface area contributed by atoms with Crippen LogP contribution in [0.5, 0.6) is 11.5 Å². The van der Waals surface area contributed by atoms with Gasteiger partial charge in [0.25, 0.3) is 0 Å². The molecular formula is C19H28FNO4. The molecule has 25 heavy (non-hydrogen) atoms. The SMILES string of the molecule is COc1cc2c(cc1OCF)CCN1CC(OC(C)(C)C)C(O)CC21. The third kappa shape index (κ3) is 3.91. The Bertz CT molecular complexity index is 616. The van der Waals surface area contributed by atoms with Crippen molar-refractivity contribution >= 4 is 0 Å². The summed E-state index contributed by atoms with van der Waals surface area (Å²) in [5.74, 6) is 0.961. The molecule has 140 valence electrons. The number of fused-ring (bicyclic) bond motifs is 3. The molecule has 0 saturated carbocycles. The maximum Gasteiger partial charge on any atom is 0.228 e. The van der Waals surface area contributed by atoms with Crippen molar-refractivity contribution in [3.8, 4) is 11.5 Å². The second-order valence-corrected chi connectivity index (χ2v) is 7.79. The van der Waals surface area contributed by atoms with E-state index in [1.54, 1.807) is 7.11 Å². The molecule has 0 radical (unpaired) electrons. The second-order valence-electron chi connectivity index (χ2n) is 7.79. The van der Waals surface area contributed by atoms with Crippen molar-refractivity contribution in [2.75, 3.05) is 27.1 Å². The normalized spacial score (nSPS) is 26.7. The topological polar surface area (TPSA) is 51.2 Å². The maximum absolute atomic E-state index is 12.6. The maximum atomic E-state index is 12.6. The van der Waals surface area contributed by atoms with Gasteiger partial charge in [0.05, 0.1) is 24.9 Å². The zero-order chi connectivity index (χ0) is 18.2. The minimum atomic E-state index is -0.880. The average molecular weight is 353 g/mol. The minimum Gasteiger partial charge on any atom is -0.493 e. The van der Waals surface area contributed by atoms with Crippen LogP contribution in [0.25, 0.3) is 0 Å². The van der Waals surface area contributed by atoms with Crippen LogP contribution in [0.15, 0.2) is 12.1 Å². The molecule has 0 bridgehead atoms. The molecule has 1 fully saturated rings. The predicted octanol–water partition coefficient (Wildman–Crippen LogP) is 2.85. The van der Waals surface area contributed by atoms with Gasteiger partial charge in [0, 0.05) is 19.1 Å². The van der Waals surface area contributed by atoms with Crippen molar-refractivity contribution in [2.45, 2.75) is 57.5 Å². The van der Waals surface area contributed by atoms with Gasteiger partial charge in [0.15, 0.2) is 11.5 Å². The number of halogens is 1. The van der Waals surface area contributed by atoms with Gasteiger partial charge in [-0.15, -0.1) is 0 Å². The highest BCUT2D eigenvalue weighted by molar-refractivity contribution is 5.49. The summed E-state index contributed by atoms with van der Waals surface area (Å²) >= 11 is 0. The quantitative estimate of drug-likeness (QED) is 0.902. The van der Waals surface area contributed by atoms with Gasteiger partial charge in [-0.2, -0.15) is 0 Å². The average Bonchev–Trinajstić information content (AvgIpc) is 2.54. The van der Waals surface area contributed by atoms with Crippen LogP contribution in [0.4, 0.5) is 4.39 Å². The summed E-state index contributed by atoms with van der Waals surface area (Å²) in [4.78, 5) is 2.36. The Morgan fingerprint density at radius 3 is 2.68 bits per heavy atom. The third-order valence-electron chi connectivity index (χ3n) is 4.92. The van der Waals surface area contributed by atoms with Crippen molar-refractivity contribution in [3.05, 3.63) is 23.3 Å². The van der Waals surface area contributed by atoms with Gasteiger partial charge in [-0.3, -0.25) is 4.90 Å². The van der Waals surface area contributed by atoms with E-state index in [0.29, 0.717) is 24.5 Å². The lowest BCUT2D eigenvalue weighted by molar-refractivity contribution is -0.149. The Morgan fingerprint density at radius 2 is 2.04 bits per heavy atom. The van der Waals surface area contributed by atoms with Crippen LogP contribution in [0, 0.1) is 0 Å². The van der Waals surface area contributed by atoms with E-state index in [9.17, 15) is 9.50 Å². The fourth-order valence-corrected chi connectivity index (χ4v) is 3.89. The van der Waals surface area contributed by atoms with E-state index < -0.39 is 13.0 Å². The second kappa shape index (κ2) is 7.09. The lowest BCUT2D eigenvalue weighted by Crippen LogP contribution is -2.53. The van der Waals surface area contributed by atoms with Crippen molar-refractivity contribution < 1.29 is 23.7 Å². The molecule has 2 heterocycles. The van der Waals surface area contributed by atoms with Crippen LogP contribution in [-0.4, -0.2) is 54.9 Å². The summed E-state index contributed by atoms with van der Waals surface area (Å²) in [6.45, 7) is 6.73. The summed E-state index contributed by atoms with van der Waals surface area (Å²) in [5, 5.41) is 10.6. The van der Waals surface area contributed by atoms with E-state index in [-0.39, 0.29) is 17.7 Å². The number of ether oxygens (including phenoxy) is 3. The van der Waals surface area contributed by atoms with Crippen LogP contribution in [0.1, 0.15) is 44.4 Å². The molecular weight excluding hydrogens is 325 g/mol. The molecule has 1 aromatic rings. The Kier molecular flexibility index (Phi) is 5.23. The minimum absolute atomic E-state index is 0.117. The molecule has 3 unspecified atom stereocenters. The van der Waals surface area contributed by atoms with E-state index in [2.05, 4.69) is 4.90 Å². The van der Waals surface area contributed by atoms with Gasteiger partial charge in [-0.1, -0.05) is 0 Å². The van der Waals surface area contributed by atoms with Crippen LogP contribution in [0.2, 0.25) is 0 Å². The Balaban J connectivity index is 1.85. The fourth-order valence-electron chi connectivity index (χ4n) is 3.89. The van der Waals surface area contributed by atoms with Gasteiger partial charge in [0.2, 0.25) is 6.86 Å². The zero-order valence-corrected chi connectivity index (χ0v) is 15.4. The summed E-state index contributed by atoms with van der Waals surface area (Å²) in [7, 11) is 1.55. The van der Waals surface area contributed by atoms with Gasteiger partial charge < -0.3 is 19.3 Å². The van der Waals surface area contributed by atoms with E-state index in [1.807, 2.05) is 32.9 Å². The van der Waals surface area contributed by atoms with Gasteiger partial charge >= 0.3 is 0 Å². The summed E-state index contributed by atoms with van der Waals surface area (Å²) < 4.78 is 29.0. The number of hydrogen-bond acceptors (Lipinski definition) is 5. The van der Waals surface area contributed by atoms with Gasteiger partial charge in [-0.05, 0) is 56.9 Å². The molecule has 0 amide bonds. The number of aliphatic hydroxyl groups excluding tert-OH is 1. The van der Waals surface area contributed by atoms with Gasteiger partial charge in [-0.25, -0.2) is 4.39 Å². The van der Waals surface area contributed by atoms with Gasteiger partial charge in [0.1, 0.15) is 0 Å². The van der Waals surface area contributed by atoms with Crippen LogP contribution in [-0.2, 0) is 11.2 Å². The number of benzene rings is 1. The lowest BCUT2D eigenvalue weighted by atomic mass is 9.84. The number of hydrogen-bond donors (Lipinski definition) is 1. The van der Waals surface area contributed by atoms with E-state index in [1.165, 1.54) is 0 Å². The molecule has 1 N–H and O–H groups in total. The smallest absolute Gasteiger partial charge is 0.228 e. The molecule has 0 spiro atoms. The molecule has 3 atom stereocenters. The first-order valence-corrected chi connectivity index (χ1v) is 8.82. The molecule has 3 rings (SSSR count). The molecule has 0 aromatic heterocycles. The van der Waals surface area contributed by atoms with Crippen molar-refractivity contribution in [3.63, 3.8) is 0 Å². The van der Waals surface area contributed by atoms with Crippen molar-refractivity contribution in [1.29, 1.82) is 0 Å². The molecule has 0 aliphatic carbocycles. The summed E-state index contributed by atoms with van der Waals surface area (Å²) in [6, 6.07) is 3.91. The molecule has 6 heteroatoms. The highest BCUT2D eigenvalue weighted by Crippen LogP contribution is 2.42. The van der Waals surface area contributed by atoms with E-state index in [4.69, 9.17) is 14.2 Å². The molecule has 1 aromatic carbocycles. The molecule has 5 nitrogen and oxygen atoms in total. The summed E-state index contributed by atoms with van der Waals surface area (Å²) in [5.41, 5.74) is 1.98. The number of aliphatic hydroxyl groups is 1. The number of methoxy groups -OCH3 is 1. The number of alkyl halides is 1. The lowest BCUT2D eigenvalue weighted by Gasteiger charge is -2.46. The Labute approximate surface area is 148 Å². The molecule has 2 aliphatic rings. The van der Waals surface area contributed by atoms with E-state index in [0.717, 1.165) is 24.1 Å². The van der Waals surface area contributed by atoms with Crippen molar-refractivity contribution in [1.82, 2.24) is 4.90 Å². The highest BCUT2D eigenvalue weighted by Gasteiger charge is 2.40. The monoisotopic (exact) mass is 353 g/mol. The first-order valence-electron chi connectivity index (χ1n) is 8.82. The van der Waals surface area contributed by atoms with Crippen LogP contribution in [0.3, 0.4) is 0 Å². The van der Waals surface area contributed by atoms with Crippen LogP contribution < -0.4 is 9.47 Å². The standard InChI is InChI=1S/C19H28FNO4/c1-19(2,3)25-18-10-21-6-5-12-7-17(24-11-20)16(23-4)8-13(12)14(21)9-15(18)22/h7-8,14-15,18,22H,5-6,9-11H2,1-4H3. The Hall–Kier alpha value is -1.37. The number of piperidine rings is 1. The predicted molar refractivity (Wildman–Crippen MR) is 92.9 cm³/mol. The molecule has 1 saturated heterocycles. The highest BCUT2D eigenvalue weighted by atomic mass is 19.1. The molecule has 2 aliphatic heterocycles. The third-order valence-corrected chi connectivity index (χ3v) is 4.92.